The Labute approximate surface area is 169 Å². The van der Waals surface area contributed by atoms with E-state index in [0.29, 0.717) is 24.5 Å². The van der Waals surface area contributed by atoms with Crippen molar-refractivity contribution in [3.63, 3.8) is 0 Å². The van der Waals surface area contributed by atoms with Gasteiger partial charge in [0.05, 0.1) is 12.3 Å². The molecule has 2 aliphatic heterocycles. The van der Waals surface area contributed by atoms with Gasteiger partial charge in [-0.05, 0) is 37.8 Å². The van der Waals surface area contributed by atoms with Crippen LogP contribution in [0.3, 0.4) is 0 Å². The lowest BCUT2D eigenvalue weighted by Crippen LogP contribution is -2.41. The van der Waals surface area contributed by atoms with Gasteiger partial charge in [0.1, 0.15) is 5.75 Å². The number of nitrogens with zero attached hydrogens (tertiary/aromatic N) is 2. The first-order valence-electron chi connectivity index (χ1n) is 9.86. The number of rotatable bonds is 7. The molecule has 0 aromatic heterocycles. The minimum atomic E-state index is -0.859. The summed E-state index contributed by atoms with van der Waals surface area (Å²) >= 11 is 0. The first-order chi connectivity index (χ1) is 14.1. The largest absolute Gasteiger partial charge is 0.483 e. The van der Waals surface area contributed by atoms with E-state index in [4.69, 9.17) is 9.47 Å². The summed E-state index contributed by atoms with van der Waals surface area (Å²) in [6.07, 6.45) is 5.22. The molecule has 3 amide bonds. The number of hydrogen-bond acceptors (Lipinski definition) is 6. The molecule has 9 nitrogen and oxygen atoms in total. The molecule has 0 bridgehead atoms. The summed E-state index contributed by atoms with van der Waals surface area (Å²) in [7, 11) is 0. The van der Waals surface area contributed by atoms with Crippen LogP contribution in [0, 0.1) is 0 Å². The van der Waals surface area contributed by atoms with Gasteiger partial charge in [-0.25, -0.2) is 5.43 Å². The number of benzene rings is 1. The van der Waals surface area contributed by atoms with Crippen molar-refractivity contribution in [2.45, 2.75) is 31.8 Å². The third-order valence-electron chi connectivity index (χ3n) is 4.82. The number of carbonyl (C=O) groups excluding carboxylic acids is 3. The van der Waals surface area contributed by atoms with Crippen molar-refractivity contribution < 1.29 is 23.9 Å². The van der Waals surface area contributed by atoms with Crippen molar-refractivity contribution in [1.29, 1.82) is 0 Å². The van der Waals surface area contributed by atoms with Crippen LogP contribution in [0.5, 0.6) is 5.75 Å². The maximum atomic E-state index is 12.1. The summed E-state index contributed by atoms with van der Waals surface area (Å²) in [5.41, 5.74) is 2.78. The van der Waals surface area contributed by atoms with Crippen molar-refractivity contribution in [2.75, 3.05) is 32.8 Å². The first kappa shape index (κ1) is 20.8. The standard InChI is InChI=1S/C20H26N4O5/c25-18(24-9-3-4-10-24)14-29-17-8-2-1-6-15(17)12-22-23-20(27)19(26)21-13-16-7-5-11-28-16/h1-2,6,8,12,16H,3-5,7,9-11,13-14H2,(H,21,26)(H,23,27)/b22-12-/t16-/m0/s1. The van der Waals surface area contributed by atoms with Gasteiger partial charge in [-0.1, -0.05) is 12.1 Å². The predicted molar refractivity (Wildman–Crippen MR) is 105 cm³/mol. The summed E-state index contributed by atoms with van der Waals surface area (Å²) in [6.45, 7) is 2.47. The van der Waals surface area contributed by atoms with Crippen molar-refractivity contribution >= 4 is 23.9 Å². The molecule has 2 N–H and O–H groups in total. The highest BCUT2D eigenvalue weighted by atomic mass is 16.5. The SMILES string of the molecule is O=C(NC[C@@H]1CCCO1)C(=O)N/N=C\c1ccccc1OCC(=O)N1CCCC1. The number of ether oxygens (including phenoxy) is 2. The Morgan fingerprint density at radius 1 is 1.17 bits per heavy atom. The summed E-state index contributed by atoms with van der Waals surface area (Å²) in [4.78, 5) is 37.5. The summed E-state index contributed by atoms with van der Waals surface area (Å²) in [5.74, 6) is -1.20. The van der Waals surface area contributed by atoms with Gasteiger partial charge in [-0.3, -0.25) is 14.4 Å². The van der Waals surface area contributed by atoms with Crippen LogP contribution in [0.25, 0.3) is 0 Å². The van der Waals surface area contributed by atoms with Gasteiger partial charge >= 0.3 is 11.8 Å². The van der Waals surface area contributed by atoms with Crippen LogP contribution in [0.2, 0.25) is 0 Å². The Morgan fingerprint density at radius 2 is 1.97 bits per heavy atom. The number of amides is 3. The van der Waals surface area contributed by atoms with E-state index >= 15 is 0 Å². The average Bonchev–Trinajstić information content (AvgIpc) is 3.45. The molecule has 0 spiro atoms. The molecule has 0 saturated carbocycles. The van der Waals surface area contributed by atoms with Crippen molar-refractivity contribution in [1.82, 2.24) is 15.6 Å². The molecule has 9 heteroatoms. The molecule has 0 unspecified atom stereocenters. The minimum absolute atomic E-state index is 0.0393. The molecular weight excluding hydrogens is 376 g/mol. The van der Waals surface area contributed by atoms with Gasteiger partial charge in [0.2, 0.25) is 0 Å². The predicted octanol–water partition coefficient (Wildman–Crippen LogP) is 0.433. The highest BCUT2D eigenvalue weighted by Gasteiger charge is 2.20. The Kier molecular flexibility index (Phi) is 7.57. The number of likely N-dealkylation sites (tertiary alicyclic amines) is 1. The zero-order chi connectivity index (χ0) is 20.5. The normalized spacial score (nSPS) is 18.8. The number of carbonyl (C=O) groups is 3. The quantitative estimate of drug-likeness (QED) is 0.391. The van der Waals surface area contributed by atoms with Crippen LogP contribution in [0.4, 0.5) is 0 Å². The average molecular weight is 402 g/mol. The van der Waals surface area contributed by atoms with Crippen molar-refractivity contribution in [3.8, 4) is 5.75 Å². The van der Waals surface area contributed by atoms with Crippen molar-refractivity contribution in [3.05, 3.63) is 29.8 Å². The zero-order valence-corrected chi connectivity index (χ0v) is 16.3. The third kappa shape index (κ3) is 6.28. The molecule has 0 radical (unpaired) electrons. The molecule has 2 heterocycles. The number of para-hydroxylation sites is 1. The maximum absolute atomic E-state index is 12.1. The third-order valence-corrected chi connectivity index (χ3v) is 4.82. The molecule has 1 aromatic rings. The fourth-order valence-corrected chi connectivity index (χ4v) is 3.22. The monoisotopic (exact) mass is 402 g/mol. The molecule has 2 saturated heterocycles. The smallest absolute Gasteiger partial charge is 0.329 e. The molecule has 0 aliphatic carbocycles. The zero-order valence-electron chi connectivity index (χ0n) is 16.3. The first-order valence-corrected chi connectivity index (χ1v) is 9.86. The Balaban J connectivity index is 1.46. The highest BCUT2D eigenvalue weighted by molar-refractivity contribution is 6.35. The van der Waals surface area contributed by atoms with Gasteiger partial charge in [0.15, 0.2) is 6.61 Å². The van der Waals surface area contributed by atoms with Gasteiger partial charge in [-0.2, -0.15) is 5.10 Å². The van der Waals surface area contributed by atoms with E-state index in [-0.39, 0.29) is 18.6 Å². The highest BCUT2D eigenvalue weighted by Crippen LogP contribution is 2.16. The summed E-state index contributed by atoms with van der Waals surface area (Å²) in [5, 5.41) is 6.34. The van der Waals surface area contributed by atoms with E-state index in [0.717, 1.165) is 38.8 Å². The van der Waals surface area contributed by atoms with Crippen LogP contribution < -0.4 is 15.5 Å². The van der Waals surface area contributed by atoms with Crippen molar-refractivity contribution in [2.24, 2.45) is 5.10 Å². The second-order valence-corrected chi connectivity index (χ2v) is 6.96. The minimum Gasteiger partial charge on any atom is -0.483 e. The Hall–Kier alpha value is -2.94. The second kappa shape index (κ2) is 10.6. The molecule has 2 aliphatic rings. The van der Waals surface area contributed by atoms with E-state index in [2.05, 4.69) is 15.8 Å². The molecule has 29 heavy (non-hydrogen) atoms. The summed E-state index contributed by atoms with van der Waals surface area (Å²) in [6, 6.07) is 7.02. The maximum Gasteiger partial charge on any atom is 0.329 e. The van der Waals surface area contributed by atoms with Gasteiger partial charge in [0, 0.05) is 31.8 Å². The van der Waals surface area contributed by atoms with E-state index in [1.54, 1.807) is 29.2 Å². The van der Waals surface area contributed by atoms with E-state index in [9.17, 15) is 14.4 Å². The lowest BCUT2D eigenvalue weighted by atomic mass is 10.2. The fourth-order valence-electron chi connectivity index (χ4n) is 3.22. The van der Waals surface area contributed by atoms with E-state index in [1.165, 1.54) is 6.21 Å². The van der Waals surface area contributed by atoms with Crippen LogP contribution >= 0.6 is 0 Å². The number of hydrazone groups is 1. The molecular formula is C20H26N4O5. The molecule has 2 fully saturated rings. The van der Waals surface area contributed by atoms with Gasteiger partial charge in [-0.15, -0.1) is 0 Å². The molecule has 156 valence electrons. The topological polar surface area (TPSA) is 109 Å². The molecule has 1 aromatic carbocycles. The lowest BCUT2D eigenvalue weighted by molar-refractivity contribution is -0.139. The van der Waals surface area contributed by atoms with E-state index in [1.807, 2.05) is 0 Å². The number of hydrogen-bond donors (Lipinski definition) is 2. The Morgan fingerprint density at radius 3 is 2.72 bits per heavy atom. The Bertz CT molecular complexity index is 755. The second-order valence-electron chi connectivity index (χ2n) is 6.96. The molecule has 3 rings (SSSR count). The van der Waals surface area contributed by atoms with Crippen LogP contribution in [-0.4, -0.2) is 67.8 Å². The fraction of sp³-hybridized carbons (Fsp3) is 0.500. The van der Waals surface area contributed by atoms with E-state index < -0.39 is 11.8 Å². The van der Waals surface area contributed by atoms with Gasteiger partial charge in [0.25, 0.3) is 5.91 Å². The van der Waals surface area contributed by atoms with Gasteiger partial charge < -0.3 is 19.7 Å². The lowest BCUT2D eigenvalue weighted by Gasteiger charge is -2.16. The van der Waals surface area contributed by atoms with Crippen LogP contribution in [0.15, 0.2) is 29.4 Å². The molecule has 1 atom stereocenters. The van der Waals surface area contributed by atoms with Crippen LogP contribution in [0.1, 0.15) is 31.2 Å². The number of nitrogens with one attached hydrogen (secondary N) is 2. The summed E-state index contributed by atoms with van der Waals surface area (Å²) < 4.78 is 11.0. The van der Waals surface area contributed by atoms with Crippen LogP contribution in [-0.2, 0) is 19.1 Å².